The van der Waals surface area contributed by atoms with Crippen LogP contribution in [0.15, 0.2) is 0 Å². The maximum atomic E-state index is 10.6. The molecule has 1 aliphatic heterocycles. The first-order valence-electron chi connectivity index (χ1n) is 3.05. The van der Waals surface area contributed by atoms with Gasteiger partial charge in [-0.15, -0.1) is 0 Å². The second-order valence-corrected chi connectivity index (χ2v) is 2.38. The maximum absolute atomic E-state index is 10.6. The Morgan fingerprint density at radius 2 is 2.56 bits per heavy atom. The van der Waals surface area contributed by atoms with Crippen LogP contribution in [0.2, 0.25) is 0 Å². The Kier molecular flexibility index (Phi) is 1.71. The van der Waals surface area contributed by atoms with Crippen LogP contribution in [0.3, 0.4) is 0 Å². The molecule has 1 saturated heterocycles. The average molecular weight is 130 g/mol. The van der Waals surface area contributed by atoms with Crippen molar-refractivity contribution >= 4 is 5.97 Å². The second kappa shape index (κ2) is 2.35. The molecule has 1 aliphatic rings. The van der Waals surface area contributed by atoms with Crippen LogP contribution in [0.25, 0.3) is 0 Å². The van der Waals surface area contributed by atoms with Crippen molar-refractivity contribution in [3.8, 4) is 0 Å². The Hall–Kier alpha value is -0.570. The van der Waals surface area contributed by atoms with E-state index in [9.17, 15) is 4.79 Å². The summed E-state index contributed by atoms with van der Waals surface area (Å²) in [6.07, 6.45) is 0.419. The van der Waals surface area contributed by atoms with Crippen molar-refractivity contribution in [3.63, 3.8) is 0 Å². The van der Waals surface area contributed by atoms with Crippen molar-refractivity contribution in [1.82, 2.24) is 0 Å². The Morgan fingerprint density at radius 3 is 2.78 bits per heavy atom. The van der Waals surface area contributed by atoms with E-state index in [0.29, 0.717) is 6.42 Å². The standard InChI is InChI=1S/C6H10O3/c1-4-2-5(3-7)9-6(4)8/h4-5,7H,2-3H2,1H3. The zero-order valence-electron chi connectivity index (χ0n) is 5.33. The van der Waals surface area contributed by atoms with E-state index in [0.717, 1.165) is 0 Å². The summed E-state index contributed by atoms with van der Waals surface area (Å²) >= 11 is 0. The molecule has 2 unspecified atom stereocenters. The first-order chi connectivity index (χ1) is 4.24. The van der Waals surface area contributed by atoms with Crippen molar-refractivity contribution < 1.29 is 14.6 Å². The predicted molar refractivity (Wildman–Crippen MR) is 30.7 cm³/mol. The van der Waals surface area contributed by atoms with Gasteiger partial charge >= 0.3 is 5.97 Å². The highest BCUT2D eigenvalue weighted by atomic mass is 16.6. The summed E-state index contributed by atoms with van der Waals surface area (Å²) in [7, 11) is 0. The lowest BCUT2D eigenvalue weighted by molar-refractivity contribution is -0.145. The predicted octanol–water partition coefficient (Wildman–Crippen LogP) is -0.0697. The van der Waals surface area contributed by atoms with Crippen LogP contribution >= 0.6 is 0 Å². The van der Waals surface area contributed by atoms with E-state index >= 15 is 0 Å². The smallest absolute Gasteiger partial charge is 0.309 e. The van der Waals surface area contributed by atoms with Crippen LogP contribution in [0.1, 0.15) is 13.3 Å². The Balaban J connectivity index is 2.44. The molecule has 0 aromatic carbocycles. The minimum absolute atomic E-state index is 0.0258. The highest BCUT2D eigenvalue weighted by Gasteiger charge is 2.29. The summed E-state index contributed by atoms with van der Waals surface area (Å²) in [6.45, 7) is 1.76. The van der Waals surface area contributed by atoms with Crippen molar-refractivity contribution in [3.05, 3.63) is 0 Å². The number of rotatable bonds is 1. The largest absolute Gasteiger partial charge is 0.460 e. The zero-order chi connectivity index (χ0) is 6.85. The summed E-state index contributed by atoms with van der Waals surface area (Å²) < 4.78 is 4.73. The third-order valence-electron chi connectivity index (χ3n) is 1.51. The van der Waals surface area contributed by atoms with Gasteiger partial charge in [0.1, 0.15) is 6.10 Å². The lowest BCUT2D eigenvalue weighted by Crippen LogP contribution is -2.10. The zero-order valence-corrected chi connectivity index (χ0v) is 5.33. The van der Waals surface area contributed by atoms with E-state index in [4.69, 9.17) is 9.84 Å². The van der Waals surface area contributed by atoms with Gasteiger partial charge in [0.2, 0.25) is 0 Å². The quantitative estimate of drug-likeness (QED) is 0.505. The van der Waals surface area contributed by atoms with Crippen LogP contribution in [-0.4, -0.2) is 23.8 Å². The SMILES string of the molecule is CC1CC(CO)OC1=O. The van der Waals surface area contributed by atoms with E-state index in [1.54, 1.807) is 6.92 Å². The fourth-order valence-corrected chi connectivity index (χ4v) is 0.931. The molecule has 0 aromatic heterocycles. The number of carbonyl (C=O) groups is 1. The Bertz CT molecular complexity index is 121. The van der Waals surface area contributed by atoms with Gasteiger partial charge in [-0.05, 0) is 6.42 Å². The number of aliphatic hydroxyl groups excluding tert-OH is 1. The summed E-state index contributed by atoms with van der Waals surface area (Å²) in [6, 6.07) is 0. The second-order valence-electron chi connectivity index (χ2n) is 2.38. The normalized spacial score (nSPS) is 34.7. The minimum atomic E-state index is -0.243. The van der Waals surface area contributed by atoms with Gasteiger partial charge in [-0.25, -0.2) is 0 Å². The molecule has 52 valence electrons. The van der Waals surface area contributed by atoms with Gasteiger partial charge in [0.05, 0.1) is 12.5 Å². The summed E-state index contributed by atoms with van der Waals surface area (Å²) in [4.78, 5) is 10.6. The van der Waals surface area contributed by atoms with Crippen LogP contribution in [-0.2, 0) is 9.53 Å². The van der Waals surface area contributed by atoms with Crippen molar-refractivity contribution in [2.45, 2.75) is 19.4 Å². The summed E-state index contributed by atoms with van der Waals surface area (Å²) in [5.74, 6) is -0.212. The van der Waals surface area contributed by atoms with Gasteiger partial charge in [-0.1, -0.05) is 6.92 Å². The number of ether oxygens (including phenoxy) is 1. The molecule has 0 saturated carbocycles. The van der Waals surface area contributed by atoms with Gasteiger partial charge < -0.3 is 9.84 Å². The molecule has 1 rings (SSSR count). The highest BCUT2D eigenvalue weighted by Crippen LogP contribution is 2.19. The van der Waals surface area contributed by atoms with Crippen LogP contribution in [0.4, 0.5) is 0 Å². The number of hydrogen-bond acceptors (Lipinski definition) is 3. The Labute approximate surface area is 53.6 Å². The fourth-order valence-electron chi connectivity index (χ4n) is 0.931. The molecule has 0 amide bonds. The number of cyclic esters (lactones) is 1. The van der Waals surface area contributed by atoms with Crippen LogP contribution < -0.4 is 0 Å². The molecule has 0 aliphatic carbocycles. The lowest BCUT2D eigenvalue weighted by atomic mass is 10.1. The van der Waals surface area contributed by atoms with Crippen molar-refractivity contribution in [1.29, 1.82) is 0 Å². The van der Waals surface area contributed by atoms with E-state index in [-0.39, 0.29) is 24.6 Å². The van der Waals surface area contributed by atoms with Gasteiger partial charge in [0, 0.05) is 0 Å². The highest BCUT2D eigenvalue weighted by molar-refractivity contribution is 5.74. The number of aliphatic hydroxyl groups is 1. The molecule has 2 atom stereocenters. The number of hydrogen-bond donors (Lipinski definition) is 1. The third-order valence-corrected chi connectivity index (χ3v) is 1.51. The van der Waals surface area contributed by atoms with Crippen molar-refractivity contribution in [2.24, 2.45) is 5.92 Å². The van der Waals surface area contributed by atoms with Crippen LogP contribution in [0.5, 0.6) is 0 Å². The first kappa shape index (κ1) is 6.55. The van der Waals surface area contributed by atoms with E-state index < -0.39 is 0 Å². The first-order valence-corrected chi connectivity index (χ1v) is 3.05. The molecule has 1 fully saturated rings. The van der Waals surface area contributed by atoms with Gasteiger partial charge in [-0.2, -0.15) is 0 Å². The Morgan fingerprint density at radius 1 is 1.89 bits per heavy atom. The third kappa shape index (κ3) is 1.21. The van der Waals surface area contributed by atoms with Gasteiger partial charge in [0.15, 0.2) is 0 Å². The fraction of sp³-hybridized carbons (Fsp3) is 0.833. The number of carbonyl (C=O) groups excluding carboxylic acids is 1. The molecule has 0 bridgehead atoms. The molecular formula is C6H10O3. The van der Waals surface area contributed by atoms with Crippen molar-refractivity contribution in [2.75, 3.05) is 6.61 Å². The molecule has 1 heterocycles. The van der Waals surface area contributed by atoms with Gasteiger partial charge in [0.25, 0.3) is 0 Å². The van der Waals surface area contributed by atoms with E-state index in [1.165, 1.54) is 0 Å². The van der Waals surface area contributed by atoms with Crippen LogP contribution in [0, 0.1) is 5.92 Å². The van der Waals surface area contributed by atoms with E-state index in [1.807, 2.05) is 0 Å². The molecular weight excluding hydrogens is 120 g/mol. The van der Waals surface area contributed by atoms with E-state index in [2.05, 4.69) is 0 Å². The monoisotopic (exact) mass is 130 g/mol. The molecule has 3 heteroatoms. The average Bonchev–Trinajstić information content (AvgIpc) is 2.13. The molecule has 9 heavy (non-hydrogen) atoms. The molecule has 0 radical (unpaired) electrons. The summed E-state index contributed by atoms with van der Waals surface area (Å²) in [5.41, 5.74) is 0. The lowest BCUT2D eigenvalue weighted by Gasteiger charge is -2.01. The van der Waals surface area contributed by atoms with Gasteiger partial charge in [-0.3, -0.25) is 4.79 Å². The number of esters is 1. The molecule has 0 aromatic rings. The molecule has 1 N–H and O–H groups in total. The molecule has 3 nitrogen and oxygen atoms in total. The maximum Gasteiger partial charge on any atom is 0.309 e. The topological polar surface area (TPSA) is 46.5 Å². The summed E-state index contributed by atoms with van der Waals surface area (Å²) in [5, 5.41) is 8.52. The molecule has 0 spiro atoms. The minimum Gasteiger partial charge on any atom is -0.460 e.